The number of methoxy groups -OCH3 is 2. The monoisotopic (exact) mass is 378 g/mol. The van der Waals surface area contributed by atoms with Gasteiger partial charge in [0.1, 0.15) is 0 Å². The number of hydrogen-bond donors (Lipinski definition) is 3. The van der Waals surface area contributed by atoms with Crippen molar-refractivity contribution in [1.29, 1.82) is 5.41 Å². The number of hydrogen-bond acceptors (Lipinski definition) is 5. The third-order valence-electron chi connectivity index (χ3n) is 9.55. The maximum atomic E-state index is 11.4. The predicted octanol–water partition coefficient (Wildman–Crippen LogP) is 3.21. The minimum absolute atomic E-state index is 0.115. The molecule has 0 radical (unpaired) electrons. The summed E-state index contributed by atoms with van der Waals surface area (Å²) in [4.78, 5) is 0. The van der Waals surface area contributed by atoms with Crippen LogP contribution >= 0.6 is 0 Å². The average Bonchev–Trinajstić information content (AvgIpc) is 2.95. The lowest BCUT2D eigenvalue weighted by atomic mass is 9.43. The second-order valence-electron chi connectivity index (χ2n) is 10.3. The van der Waals surface area contributed by atoms with E-state index in [1.807, 2.05) is 0 Å². The molecule has 6 unspecified atom stereocenters. The molecule has 4 aliphatic rings. The number of nitrogens with one attached hydrogen (secondary N) is 2. The molecule has 4 aliphatic carbocycles. The van der Waals surface area contributed by atoms with Gasteiger partial charge in [-0.05, 0) is 68.2 Å². The van der Waals surface area contributed by atoms with Gasteiger partial charge in [0.2, 0.25) is 0 Å². The second kappa shape index (κ2) is 6.51. The summed E-state index contributed by atoms with van der Waals surface area (Å²) in [5, 5.41) is 23.6. The summed E-state index contributed by atoms with van der Waals surface area (Å²) in [5.41, 5.74) is 0.869. The topological polar surface area (TPSA) is 74.6 Å². The van der Waals surface area contributed by atoms with Gasteiger partial charge >= 0.3 is 0 Å². The predicted molar refractivity (Wildman–Crippen MR) is 106 cm³/mol. The molecule has 0 spiro atoms. The number of aliphatic hydroxyl groups is 1. The highest BCUT2D eigenvalue weighted by Crippen LogP contribution is 2.66. The van der Waals surface area contributed by atoms with Crippen LogP contribution in [-0.2, 0) is 9.47 Å². The molecule has 4 rings (SSSR count). The van der Waals surface area contributed by atoms with Crippen molar-refractivity contribution in [3.05, 3.63) is 0 Å². The zero-order valence-electron chi connectivity index (χ0n) is 17.7. The largest absolute Gasteiger partial charge is 0.393 e. The number of rotatable bonds is 3. The van der Waals surface area contributed by atoms with E-state index in [4.69, 9.17) is 14.9 Å². The summed E-state index contributed by atoms with van der Waals surface area (Å²) >= 11 is 0. The smallest absolute Gasteiger partial charge is 0.167 e. The fraction of sp³-hybridized carbons (Fsp3) is 0.955. The molecule has 0 aromatic heterocycles. The first-order valence-corrected chi connectivity index (χ1v) is 10.8. The first-order valence-electron chi connectivity index (χ1n) is 10.8. The van der Waals surface area contributed by atoms with Crippen LogP contribution in [0.2, 0.25) is 0 Å². The Morgan fingerprint density at radius 1 is 1.15 bits per heavy atom. The Balaban J connectivity index is 1.72. The molecule has 0 bridgehead atoms. The van der Waals surface area contributed by atoms with E-state index < -0.39 is 5.79 Å². The minimum atomic E-state index is -0.473. The van der Waals surface area contributed by atoms with Gasteiger partial charge in [-0.2, -0.15) is 0 Å². The van der Waals surface area contributed by atoms with Crippen LogP contribution in [0.1, 0.15) is 58.8 Å². The zero-order chi connectivity index (χ0) is 19.6. The second-order valence-corrected chi connectivity index (χ2v) is 10.3. The Morgan fingerprint density at radius 2 is 1.85 bits per heavy atom. The van der Waals surface area contributed by atoms with E-state index in [1.165, 1.54) is 0 Å². The van der Waals surface area contributed by atoms with Crippen LogP contribution in [0.25, 0.3) is 0 Å². The highest BCUT2D eigenvalue weighted by atomic mass is 16.7. The van der Waals surface area contributed by atoms with E-state index in [1.54, 1.807) is 14.2 Å². The molecule has 5 nitrogen and oxygen atoms in total. The van der Waals surface area contributed by atoms with E-state index in [0.29, 0.717) is 29.7 Å². The van der Waals surface area contributed by atoms with E-state index in [-0.39, 0.29) is 16.9 Å². The fourth-order valence-electron chi connectivity index (χ4n) is 7.89. The number of ether oxygens (including phenoxy) is 2. The van der Waals surface area contributed by atoms with Crippen molar-refractivity contribution in [2.24, 2.45) is 34.5 Å². The zero-order valence-corrected chi connectivity index (χ0v) is 17.7. The number of aliphatic hydroxyl groups excluding tert-OH is 1. The first-order chi connectivity index (χ1) is 12.7. The van der Waals surface area contributed by atoms with Crippen LogP contribution in [0, 0.1) is 39.9 Å². The van der Waals surface area contributed by atoms with Gasteiger partial charge in [0.25, 0.3) is 0 Å². The summed E-state index contributed by atoms with van der Waals surface area (Å²) in [6.07, 6.45) is 6.40. The molecule has 0 aromatic carbocycles. The van der Waals surface area contributed by atoms with Crippen molar-refractivity contribution < 1.29 is 14.6 Å². The van der Waals surface area contributed by atoms with Gasteiger partial charge in [0.15, 0.2) is 5.79 Å². The molecule has 154 valence electrons. The maximum absolute atomic E-state index is 11.4. The highest BCUT2D eigenvalue weighted by Gasteiger charge is 2.65. The molecule has 0 aromatic rings. The number of fused-ring (bicyclic) bond motifs is 5. The van der Waals surface area contributed by atoms with E-state index in [9.17, 15) is 5.11 Å². The lowest BCUT2D eigenvalue weighted by Gasteiger charge is -2.64. The van der Waals surface area contributed by atoms with E-state index >= 15 is 0 Å². The molecule has 0 heterocycles. The molecule has 0 aliphatic heterocycles. The summed E-state index contributed by atoms with van der Waals surface area (Å²) in [5.74, 6) is 1.27. The Morgan fingerprint density at radius 3 is 2.48 bits per heavy atom. The normalized spacial score (nSPS) is 51.4. The van der Waals surface area contributed by atoms with Gasteiger partial charge in [-0.15, -0.1) is 0 Å². The fourth-order valence-corrected chi connectivity index (χ4v) is 7.89. The molecule has 27 heavy (non-hydrogen) atoms. The van der Waals surface area contributed by atoms with Gasteiger partial charge in [0.05, 0.1) is 6.10 Å². The molecular weight excluding hydrogens is 340 g/mol. The van der Waals surface area contributed by atoms with Gasteiger partial charge in [-0.1, -0.05) is 13.8 Å². The molecule has 5 heteroatoms. The minimum Gasteiger partial charge on any atom is -0.393 e. The SMILES string of the molecule is CN[C@H]1CC2CC(OC)(OC)CCC2(C)C2C1C1CCC(=N)C1(C)C[C@H]2O. The molecular formula is C22H38N2O3. The van der Waals surface area contributed by atoms with Gasteiger partial charge in [-0.3, -0.25) is 0 Å². The van der Waals surface area contributed by atoms with Crippen molar-refractivity contribution >= 4 is 5.71 Å². The molecule has 0 amide bonds. The highest BCUT2D eigenvalue weighted by molar-refractivity contribution is 5.89. The van der Waals surface area contributed by atoms with Gasteiger partial charge in [0, 0.05) is 44.2 Å². The van der Waals surface area contributed by atoms with Crippen molar-refractivity contribution in [1.82, 2.24) is 5.32 Å². The molecule has 4 fully saturated rings. The van der Waals surface area contributed by atoms with Crippen molar-refractivity contribution in [2.45, 2.75) is 76.7 Å². The summed E-state index contributed by atoms with van der Waals surface area (Å²) in [6.45, 7) is 4.66. The van der Waals surface area contributed by atoms with Crippen molar-refractivity contribution in [3.8, 4) is 0 Å². The van der Waals surface area contributed by atoms with E-state index in [0.717, 1.165) is 50.7 Å². The standard InChI is InChI=1S/C22H38N2O3/c1-20-8-9-22(26-4,27-5)11-13(20)10-15(24-3)18-14-6-7-17(23)21(14,2)12-16(25)19(18)20/h13-16,18-19,23-25H,6-12H2,1-5H3/t13?,14?,15-,16+,18?,19?,20?,21?/m0/s1. The first kappa shape index (κ1) is 19.8. The third-order valence-corrected chi connectivity index (χ3v) is 9.55. The molecule has 4 saturated carbocycles. The summed E-state index contributed by atoms with van der Waals surface area (Å²) in [6, 6.07) is 0.391. The Hall–Kier alpha value is -0.490. The quantitative estimate of drug-likeness (QED) is 0.659. The Bertz CT molecular complexity index is 606. The molecule has 0 saturated heterocycles. The van der Waals surface area contributed by atoms with Crippen LogP contribution in [0.5, 0.6) is 0 Å². The van der Waals surface area contributed by atoms with Crippen LogP contribution < -0.4 is 5.32 Å². The molecule has 8 atom stereocenters. The average molecular weight is 379 g/mol. The molecule has 3 N–H and O–H groups in total. The van der Waals surface area contributed by atoms with Gasteiger partial charge in [-0.25, -0.2) is 0 Å². The van der Waals surface area contributed by atoms with Crippen LogP contribution in [0.15, 0.2) is 0 Å². The third kappa shape index (κ3) is 2.61. The van der Waals surface area contributed by atoms with E-state index in [2.05, 4.69) is 26.2 Å². The van der Waals surface area contributed by atoms with Crippen molar-refractivity contribution in [2.75, 3.05) is 21.3 Å². The lowest BCUT2D eigenvalue weighted by Crippen LogP contribution is -2.66. The summed E-state index contributed by atoms with van der Waals surface area (Å²) < 4.78 is 11.6. The van der Waals surface area contributed by atoms with Crippen LogP contribution in [0.3, 0.4) is 0 Å². The Labute approximate surface area is 164 Å². The summed E-state index contributed by atoms with van der Waals surface area (Å²) in [7, 11) is 5.60. The van der Waals surface area contributed by atoms with Crippen LogP contribution in [-0.4, -0.2) is 50.0 Å². The lowest BCUT2D eigenvalue weighted by molar-refractivity contribution is -0.269. The van der Waals surface area contributed by atoms with Gasteiger partial charge < -0.3 is 25.3 Å². The van der Waals surface area contributed by atoms with Crippen molar-refractivity contribution in [3.63, 3.8) is 0 Å². The maximum Gasteiger partial charge on any atom is 0.167 e. The Kier molecular flexibility index (Phi) is 4.78. The van der Waals surface area contributed by atoms with Crippen LogP contribution in [0.4, 0.5) is 0 Å².